The summed E-state index contributed by atoms with van der Waals surface area (Å²) in [6.07, 6.45) is 2.73. The van der Waals surface area contributed by atoms with Gasteiger partial charge in [0.15, 0.2) is 5.11 Å². The zero-order chi connectivity index (χ0) is 12.8. The van der Waals surface area contributed by atoms with E-state index in [4.69, 9.17) is 12.2 Å². The first-order valence-electron chi connectivity index (χ1n) is 6.43. The monoisotopic (exact) mass is 267 g/mol. The van der Waals surface area contributed by atoms with Crippen molar-refractivity contribution in [2.45, 2.75) is 12.5 Å². The molecular weight excluding hydrogens is 254 g/mol. The Balaban J connectivity index is 1.98. The standard InChI is InChI=1S/C15H13N3S/c19-15-17-9-14-11-5-2-1-4-10(11)8-12-13(18(14)15)6-3-7-16-12/h1-7,14H,8-9H2,(H,17,19). The lowest BCUT2D eigenvalue weighted by Crippen LogP contribution is -2.29. The van der Waals surface area contributed by atoms with Crippen LogP contribution in [0, 0.1) is 0 Å². The van der Waals surface area contributed by atoms with Crippen LogP contribution in [0.5, 0.6) is 0 Å². The molecule has 0 aliphatic carbocycles. The first-order chi connectivity index (χ1) is 9.34. The molecule has 0 bridgehead atoms. The van der Waals surface area contributed by atoms with Gasteiger partial charge >= 0.3 is 0 Å². The Morgan fingerprint density at radius 1 is 1.21 bits per heavy atom. The Hall–Kier alpha value is -1.94. The van der Waals surface area contributed by atoms with Gasteiger partial charge in [0.25, 0.3) is 0 Å². The molecule has 4 rings (SSSR count). The molecule has 1 aromatic carbocycles. The van der Waals surface area contributed by atoms with E-state index in [0.717, 1.165) is 29.5 Å². The van der Waals surface area contributed by atoms with Crippen molar-refractivity contribution < 1.29 is 0 Å². The highest BCUT2D eigenvalue weighted by Crippen LogP contribution is 2.38. The maximum absolute atomic E-state index is 5.47. The van der Waals surface area contributed by atoms with Crippen molar-refractivity contribution in [3.8, 4) is 0 Å². The van der Waals surface area contributed by atoms with Gasteiger partial charge in [0, 0.05) is 19.2 Å². The first kappa shape index (κ1) is 10.9. The van der Waals surface area contributed by atoms with E-state index in [1.54, 1.807) is 0 Å². The van der Waals surface area contributed by atoms with E-state index in [2.05, 4.69) is 45.5 Å². The zero-order valence-electron chi connectivity index (χ0n) is 10.3. The highest BCUT2D eigenvalue weighted by Gasteiger charge is 2.35. The van der Waals surface area contributed by atoms with Gasteiger partial charge in [-0.05, 0) is 35.5 Å². The predicted octanol–water partition coefficient (Wildman–Crippen LogP) is 2.42. The van der Waals surface area contributed by atoms with Crippen LogP contribution in [-0.2, 0) is 6.42 Å². The van der Waals surface area contributed by atoms with Crippen molar-refractivity contribution >= 4 is 23.0 Å². The number of nitrogens with zero attached hydrogens (tertiary/aromatic N) is 2. The van der Waals surface area contributed by atoms with E-state index in [1.807, 2.05) is 12.3 Å². The quantitative estimate of drug-likeness (QED) is 0.742. The average Bonchev–Trinajstić information content (AvgIpc) is 2.75. The Morgan fingerprint density at radius 3 is 3.05 bits per heavy atom. The van der Waals surface area contributed by atoms with Gasteiger partial charge in [-0.2, -0.15) is 0 Å². The number of nitrogens with one attached hydrogen (secondary N) is 1. The molecule has 94 valence electrons. The van der Waals surface area contributed by atoms with E-state index < -0.39 is 0 Å². The second-order valence-corrected chi connectivity index (χ2v) is 5.30. The van der Waals surface area contributed by atoms with Crippen LogP contribution in [0.2, 0.25) is 0 Å². The summed E-state index contributed by atoms with van der Waals surface area (Å²) in [5.74, 6) is 0. The van der Waals surface area contributed by atoms with Crippen LogP contribution in [0.25, 0.3) is 0 Å². The van der Waals surface area contributed by atoms with Crippen LogP contribution in [0.15, 0.2) is 42.6 Å². The highest BCUT2D eigenvalue weighted by atomic mass is 32.1. The molecule has 2 aliphatic heterocycles. The smallest absolute Gasteiger partial charge is 0.174 e. The number of anilines is 1. The topological polar surface area (TPSA) is 28.2 Å². The first-order valence-corrected chi connectivity index (χ1v) is 6.84. The summed E-state index contributed by atoms with van der Waals surface area (Å²) in [7, 11) is 0. The molecule has 1 unspecified atom stereocenters. The molecule has 2 aliphatic rings. The molecule has 1 saturated heterocycles. The lowest BCUT2D eigenvalue weighted by Gasteiger charge is -2.24. The van der Waals surface area contributed by atoms with Crippen LogP contribution in [0.3, 0.4) is 0 Å². The number of pyridine rings is 1. The number of benzene rings is 1. The van der Waals surface area contributed by atoms with Gasteiger partial charge in [-0.25, -0.2) is 0 Å². The Bertz CT molecular complexity index is 668. The Labute approximate surface area is 117 Å². The SMILES string of the molecule is S=C1NCC2c3ccccc3Cc3ncccc3N12. The van der Waals surface area contributed by atoms with Crippen molar-refractivity contribution in [3.05, 3.63) is 59.4 Å². The average molecular weight is 267 g/mol. The van der Waals surface area contributed by atoms with Gasteiger partial charge in [0.1, 0.15) is 0 Å². The molecule has 0 radical (unpaired) electrons. The number of aromatic nitrogens is 1. The van der Waals surface area contributed by atoms with Crippen molar-refractivity contribution in [2.24, 2.45) is 0 Å². The minimum Gasteiger partial charge on any atom is -0.360 e. The second-order valence-electron chi connectivity index (χ2n) is 4.92. The third-order valence-electron chi connectivity index (χ3n) is 3.87. The summed E-state index contributed by atoms with van der Waals surface area (Å²) in [5.41, 5.74) is 4.94. The number of thiocarbonyl (C=S) groups is 1. The molecule has 2 aromatic rings. The van der Waals surface area contributed by atoms with Gasteiger partial charge < -0.3 is 10.2 Å². The third-order valence-corrected chi connectivity index (χ3v) is 4.22. The van der Waals surface area contributed by atoms with E-state index in [-0.39, 0.29) is 6.04 Å². The molecule has 4 heteroatoms. The van der Waals surface area contributed by atoms with Crippen LogP contribution in [-0.4, -0.2) is 16.6 Å². The minimum atomic E-state index is 0.286. The molecule has 3 nitrogen and oxygen atoms in total. The molecule has 0 spiro atoms. The molecule has 0 amide bonds. The largest absolute Gasteiger partial charge is 0.360 e. The Kier molecular flexibility index (Phi) is 2.32. The maximum Gasteiger partial charge on any atom is 0.174 e. The highest BCUT2D eigenvalue weighted by molar-refractivity contribution is 7.80. The van der Waals surface area contributed by atoms with Crippen LogP contribution >= 0.6 is 12.2 Å². The van der Waals surface area contributed by atoms with Gasteiger partial charge in [-0.3, -0.25) is 4.98 Å². The Morgan fingerprint density at radius 2 is 2.11 bits per heavy atom. The van der Waals surface area contributed by atoms with Gasteiger partial charge in [-0.1, -0.05) is 24.3 Å². The molecule has 1 atom stereocenters. The molecule has 0 saturated carbocycles. The minimum absolute atomic E-state index is 0.286. The lowest BCUT2D eigenvalue weighted by atomic mass is 9.99. The van der Waals surface area contributed by atoms with Crippen LogP contribution in [0.1, 0.15) is 22.9 Å². The maximum atomic E-state index is 5.47. The van der Waals surface area contributed by atoms with E-state index in [9.17, 15) is 0 Å². The van der Waals surface area contributed by atoms with Crippen molar-refractivity contribution in [3.63, 3.8) is 0 Å². The lowest BCUT2D eigenvalue weighted by molar-refractivity contribution is 0.756. The van der Waals surface area contributed by atoms with Crippen molar-refractivity contribution in [2.75, 3.05) is 11.4 Å². The number of hydrogen-bond donors (Lipinski definition) is 1. The van der Waals surface area contributed by atoms with Gasteiger partial charge in [-0.15, -0.1) is 0 Å². The normalized spacial score (nSPS) is 20.1. The number of fused-ring (bicyclic) bond motifs is 5. The molecule has 1 fully saturated rings. The summed E-state index contributed by atoms with van der Waals surface area (Å²) >= 11 is 5.47. The molecular formula is C15H13N3S. The van der Waals surface area contributed by atoms with E-state index >= 15 is 0 Å². The molecule has 19 heavy (non-hydrogen) atoms. The third kappa shape index (κ3) is 1.56. The second kappa shape index (κ2) is 4.03. The summed E-state index contributed by atoms with van der Waals surface area (Å²) in [4.78, 5) is 6.76. The number of hydrogen-bond acceptors (Lipinski definition) is 2. The fourth-order valence-corrected chi connectivity index (χ4v) is 3.32. The fraction of sp³-hybridized carbons (Fsp3) is 0.200. The number of rotatable bonds is 0. The molecule has 1 N–H and O–H groups in total. The fourth-order valence-electron chi connectivity index (χ4n) is 3.01. The van der Waals surface area contributed by atoms with Crippen LogP contribution < -0.4 is 10.2 Å². The summed E-state index contributed by atoms with van der Waals surface area (Å²) < 4.78 is 0. The van der Waals surface area contributed by atoms with E-state index in [0.29, 0.717) is 0 Å². The molecule has 3 heterocycles. The van der Waals surface area contributed by atoms with Crippen molar-refractivity contribution in [1.29, 1.82) is 0 Å². The van der Waals surface area contributed by atoms with Gasteiger partial charge in [0.05, 0.1) is 17.4 Å². The van der Waals surface area contributed by atoms with E-state index in [1.165, 1.54) is 11.1 Å². The van der Waals surface area contributed by atoms with Crippen LogP contribution in [0.4, 0.5) is 5.69 Å². The summed E-state index contributed by atoms with van der Waals surface area (Å²) in [5, 5.41) is 4.10. The molecule has 1 aromatic heterocycles. The predicted molar refractivity (Wildman–Crippen MR) is 79.3 cm³/mol. The van der Waals surface area contributed by atoms with Crippen molar-refractivity contribution in [1.82, 2.24) is 10.3 Å². The van der Waals surface area contributed by atoms with Gasteiger partial charge in [0.2, 0.25) is 0 Å². The summed E-state index contributed by atoms with van der Waals surface area (Å²) in [6, 6.07) is 13.0. The zero-order valence-corrected chi connectivity index (χ0v) is 11.2. The summed E-state index contributed by atoms with van der Waals surface area (Å²) in [6.45, 7) is 0.865.